The first kappa shape index (κ1) is 13.5. The topological polar surface area (TPSA) is 68.1 Å². The molecule has 0 saturated carbocycles. The summed E-state index contributed by atoms with van der Waals surface area (Å²) in [5.74, 6) is 0. The van der Waals surface area contributed by atoms with E-state index in [9.17, 15) is 10.1 Å². The molecule has 6 heteroatoms. The average molecular weight is 277 g/mol. The molecule has 1 N–H and O–H groups in total. The maximum atomic E-state index is 11.0. The van der Waals surface area contributed by atoms with Crippen molar-refractivity contribution in [2.24, 2.45) is 0 Å². The van der Waals surface area contributed by atoms with Crippen molar-refractivity contribution in [3.05, 3.63) is 50.0 Å². The SMILES string of the molecule is Cc1ccc([N+](=O)[O-])c(NC(C)c2csc(C)n2)c1. The Kier molecular flexibility index (Phi) is 3.80. The Bertz CT molecular complexity index is 610. The molecule has 1 aromatic heterocycles. The van der Waals surface area contributed by atoms with Crippen LogP contribution in [0.3, 0.4) is 0 Å². The summed E-state index contributed by atoms with van der Waals surface area (Å²) in [5, 5.41) is 17.1. The van der Waals surface area contributed by atoms with Gasteiger partial charge in [0.25, 0.3) is 5.69 Å². The maximum Gasteiger partial charge on any atom is 0.292 e. The highest BCUT2D eigenvalue weighted by molar-refractivity contribution is 7.09. The van der Waals surface area contributed by atoms with Crippen LogP contribution in [0.4, 0.5) is 11.4 Å². The molecule has 0 radical (unpaired) electrons. The third-order valence-corrected chi connectivity index (χ3v) is 3.59. The van der Waals surface area contributed by atoms with Gasteiger partial charge < -0.3 is 5.32 Å². The van der Waals surface area contributed by atoms with Crippen LogP contribution in [0, 0.1) is 24.0 Å². The minimum Gasteiger partial charge on any atom is -0.371 e. The lowest BCUT2D eigenvalue weighted by atomic mass is 10.1. The second-order valence-electron chi connectivity index (χ2n) is 4.44. The van der Waals surface area contributed by atoms with Gasteiger partial charge in [0.1, 0.15) is 5.69 Å². The van der Waals surface area contributed by atoms with Gasteiger partial charge in [0.15, 0.2) is 0 Å². The van der Waals surface area contributed by atoms with Crippen molar-refractivity contribution in [3.63, 3.8) is 0 Å². The number of aromatic nitrogens is 1. The second kappa shape index (κ2) is 5.36. The summed E-state index contributed by atoms with van der Waals surface area (Å²) in [6, 6.07) is 4.98. The van der Waals surface area contributed by atoms with Gasteiger partial charge >= 0.3 is 0 Å². The van der Waals surface area contributed by atoms with E-state index in [1.165, 1.54) is 6.07 Å². The molecule has 2 rings (SSSR count). The smallest absolute Gasteiger partial charge is 0.292 e. The van der Waals surface area contributed by atoms with E-state index in [1.54, 1.807) is 23.5 Å². The third kappa shape index (κ3) is 3.08. The minimum absolute atomic E-state index is 0.0644. The molecule has 0 aliphatic rings. The van der Waals surface area contributed by atoms with E-state index in [-0.39, 0.29) is 16.7 Å². The van der Waals surface area contributed by atoms with E-state index in [0.717, 1.165) is 16.3 Å². The zero-order valence-electron chi connectivity index (χ0n) is 11.0. The summed E-state index contributed by atoms with van der Waals surface area (Å²) in [6.45, 7) is 5.79. The zero-order chi connectivity index (χ0) is 14.0. The molecular weight excluding hydrogens is 262 g/mol. The molecule has 1 aromatic carbocycles. The number of benzene rings is 1. The highest BCUT2D eigenvalue weighted by Gasteiger charge is 2.17. The van der Waals surface area contributed by atoms with Crippen molar-refractivity contribution >= 4 is 22.7 Å². The molecule has 1 heterocycles. The highest BCUT2D eigenvalue weighted by atomic mass is 32.1. The molecule has 2 aromatic rings. The predicted octanol–water partition coefficient (Wildman–Crippen LogP) is 3.84. The number of nitro benzene ring substituents is 1. The summed E-state index contributed by atoms with van der Waals surface area (Å²) in [6.07, 6.45) is 0. The second-order valence-corrected chi connectivity index (χ2v) is 5.50. The summed E-state index contributed by atoms with van der Waals surface area (Å²) >= 11 is 1.57. The Hall–Kier alpha value is -1.95. The molecule has 1 atom stereocenters. The highest BCUT2D eigenvalue weighted by Crippen LogP contribution is 2.29. The van der Waals surface area contributed by atoms with E-state index >= 15 is 0 Å². The third-order valence-electron chi connectivity index (χ3n) is 2.80. The van der Waals surface area contributed by atoms with Crippen molar-refractivity contribution in [2.45, 2.75) is 26.8 Å². The number of rotatable bonds is 4. The molecule has 0 spiro atoms. The van der Waals surface area contributed by atoms with Gasteiger partial charge in [0, 0.05) is 11.4 Å². The molecule has 0 saturated heterocycles. The van der Waals surface area contributed by atoms with Crippen LogP contribution in [0.2, 0.25) is 0 Å². The summed E-state index contributed by atoms with van der Waals surface area (Å²) in [5.41, 5.74) is 2.50. The number of hydrogen-bond donors (Lipinski definition) is 1. The fraction of sp³-hybridized carbons (Fsp3) is 0.308. The number of nitro groups is 1. The van der Waals surface area contributed by atoms with Gasteiger partial charge in [-0.25, -0.2) is 4.98 Å². The molecule has 1 unspecified atom stereocenters. The Morgan fingerprint density at radius 1 is 1.42 bits per heavy atom. The molecule has 0 fully saturated rings. The summed E-state index contributed by atoms with van der Waals surface area (Å²) in [4.78, 5) is 15.0. The van der Waals surface area contributed by atoms with Crippen LogP contribution in [-0.2, 0) is 0 Å². The molecule has 5 nitrogen and oxygen atoms in total. The minimum atomic E-state index is -0.374. The Morgan fingerprint density at radius 3 is 2.74 bits per heavy atom. The summed E-state index contributed by atoms with van der Waals surface area (Å²) < 4.78 is 0. The number of nitrogens with one attached hydrogen (secondary N) is 1. The van der Waals surface area contributed by atoms with Crippen LogP contribution in [0.25, 0.3) is 0 Å². The Balaban J connectivity index is 2.27. The van der Waals surface area contributed by atoms with Crippen molar-refractivity contribution in [1.29, 1.82) is 0 Å². The molecule has 19 heavy (non-hydrogen) atoms. The van der Waals surface area contributed by atoms with E-state index in [1.807, 2.05) is 26.2 Å². The van der Waals surface area contributed by atoms with E-state index in [2.05, 4.69) is 10.3 Å². The van der Waals surface area contributed by atoms with Gasteiger partial charge in [-0.1, -0.05) is 6.07 Å². The normalized spacial score (nSPS) is 12.2. The maximum absolute atomic E-state index is 11.0. The average Bonchev–Trinajstić information content (AvgIpc) is 2.75. The Labute approximate surface area is 115 Å². The largest absolute Gasteiger partial charge is 0.371 e. The standard InChI is InChI=1S/C13H15N3O2S/c1-8-4-5-13(16(17)18)11(6-8)14-9(2)12-7-19-10(3)15-12/h4-7,9,14H,1-3H3. The molecule has 0 aliphatic carbocycles. The summed E-state index contributed by atoms with van der Waals surface area (Å²) in [7, 11) is 0. The molecule has 100 valence electrons. The lowest BCUT2D eigenvalue weighted by Gasteiger charge is -2.13. The van der Waals surface area contributed by atoms with Crippen LogP contribution in [0.15, 0.2) is 23.6 Å². The molecule has 0 amide bonds. The van der Waals surface area contributed by atoms with Crippen molar-refractivity contribution in [2.75, 3.05) is 5.32 Å². The van der Waals surface area contributed by atoms with E-state index in [0.29, 0.717) is 5.69 Å². The Morgan fingerprint density at radius 2 is 2.16 bits per heavy atom. The van der Waals surface area contributed by atoms with Gasteiger partial charge in [-0.15, -0.1) is 11.3 Å². The fourth-order valence-electron chi connectivity index (χ4n) is 1.81. The van der Waals surface area contributed by atoms with Gasteiger partial charge in [0.2, 0.25) is 0 Å². The number of anilines is 1. The van der Waals surface area contributed by atoms with Gasteiger partial charge in [-0.05, 0) is 32.4 Å². The van der Waals surface area contributed by atoms with Crippen LogP contribution in [-0.4, -0.2) is 9.91 Å². The molecular formula is C13H15N3O2S. The van der Waals surface area contributed by atoms with Crippen LogP contribution in [0.5, 0.6) is 0 Å². The van der Waals surface area contributed by atoms with Crippen LogP contribution in [0.1, 0.15) is 29.2 Å². The van der Waals surface area contributed by atoms with Gasteiger partial charge in [-0.3, -0.25) is 10.1 Å². The fourth-order valence-corrected chi connectivity index (χ4v) is 2.52. The van der Waals surface area contributed by atoms with Crippen LogP contribution >= 0.6 is 11.3 Å². The van der Waals surface area contributed by atoms with Crippen LogP contribution < -0.4 is 5.32 Å². The first-order valence-electron chi connectivity index (χ1n) is 5.91. The van der Waals surface area contributed by atoms with Crippen molar-refractivity contribution in [3.8, 4) is 0 Å². The van der Waals surface area contributed by atoms with Gasteiger partial charge in [0.05, 0.1) is 21.7 Å². The number of hydrogen-bond acceptors (Lipinski definition) is 5. The zero-order valence-corrected chi connectivity index (χ0v) is 11.8. The first-order valence-corrected chi connectivity index (χ1v) is 6.79. The monoisotopic (exact) mass is 277 g/mol. The predicted molar refractivity (Wildman–Crippen MR) is 76.7 cm³/mol. The quantitative estimate of drug-likeness (QED) is 0.681. The van der Waals surface area contributed by atoms with E-state index in [4.69, 9.17) is 0 Å². The van der Waals surface area contributed by atoms with Crippen molar-refractivity contribution in [1.82, 2.24) is 4.98 Å². The number of nitrogens with zero attached hydrogens (tertiary/aromatic N) is 2. The van der Waals surface area contributed by atoms with E-state index < -0.39 is 0 Å². The molecule has 0 aliphatic heterocycles. The number of thiazole rings is 1. The van der Waals surface area contributed by atoms with Gasteiger partial charge in [-0.2, -0.15) is 0 Å². The molecule has 0 bridgehead atoms. The van der Waals surface area contributed by atoms with Crippen molar-refractivity contribution < 1.29 is 4.92 Å². The lowest BCUT2D eigenvalue weighted by molar-refractivity contribution is -0.384. The number of aryl methyl sites for hydroxylation is 2. The lowest BCUT2D eigenvalue weighted by Crippen LogP contribution is -2.09. The first-order chi connectivity index (χ1) is 8.97.